The van der Waals surface area contributed by atoms with E-state index in [9.17, 15) is 4.79 Å². The van der Waals surface area contributed by atoms with Crippen LogP contribution in [0.4, 0.5) is 4.79 Å². The number of likely N-dealkylation sites (tertiary alicyclic amines) is 1. The highest BCUT2D eigenvalue weighted by Crippen LogP contribution is 2.21. The van der Waals surface area contributed by atoms with Crippen molar-refractivity contribution in [3.05, 3.63) is 0 Å². The molecule has 2 N–H and O–H groups in total. The van der Waals surface area contributed by atoms with Crippen LogP contribution in [0.3, 0.4) is 0 Å². The maximum Gasteiger partial charge on any atom is 0.407 e. The Balaban J connectivity index is 1.58. The molecule has 0 spiro atoms. The summed E-state index contributed by atoms with van der Waals surface area (Å²) in [5.74, 6) is 0.582. The zero-order chi connectivity index (χ0) is 13.2. The maximum atomic E-state index is 11.5. The first kappa shape index (κ1) is 13.6. The molecular formula is C13H25N3O2. The topological polar surface area (TPSA) is 53.6 Å². The maximum absolute atomic E-state index is 11.5. The Bertz CT molecular complexity index is 289. The Morgan fingerprint density at radius 2 is 2.17 bits per heavy atom. The summed E-state index contributed by atoms with van der Waals surface area (Å²) in [7, 11) is 0. The molecule has 2 fully saturated rings. The molecule has 5 nitrogen and oxygen atoms in total. The van der Waals surface area contributed by atoms with Gasteiger partial charge in [-0.2, -0.15) is 0 Å². The van der Waals surface area contributed by atoms with Crippen molar-refractivity contribution in [3.8, 4) is 0 Å². The average molecular weight is 255 g/mol. The molecule has 5 heteroatoms. The summed E-state index contributed by atoms with van der Waals surface area (Å²) in [5.41, 5.74) is -0.411. The number of carbonyl (C=O) groups excluding carboxylic acids is 1. The molecule has 1 atom stereocenters. The van der Waals surface area contributed by atoms with E-state index < -0.39 is 5.60 Å². The van der Waals surface area contributed by atoms with Crippen LogP contribution in [0.15, 0.2) is 0 Å². The van der Waals surface area contributed by atoms with Gasteiger partial charge in [-0.05, 0) is 33.7 Å². The molecular weight excluding hydrogens is 230 g/mol. The van der Waals surface area contributed by atoms with E-state index in [-0.39, 0.29) is 6.09 Å². The van der Waals surface area contributed by atoms with Gasteiger partial charge in [-0.3, -0.25) is 4.90 Å². The quantitative estimate of drug-likeness (QED) is 0.783. The van der Waals surface area contributed by atoms with Crippen molar-refractivity contribution in [1.82, 2.24) is 15.5 Å². The van der Waals surface area contributed by atoms with E-state index in [4.69, 9.17) is 4.74 Å². The molecule has 0 saturated carbocycles. The summed E-state index contributed by atoms with van der Waals surface area (Å²) in [4.78, 5) is 14.0. The zero-order valence-electron chi connectivity index (χ0n) is 11.7. The second-order valence-electron chi connectivity index (χ2n) is 6.35. The van der Waals surface area contributed by atoms with Crippen LogP contribution in [0.25, 0.3) is 0 Å². The van der Waals surface area contributed by atoms with E-state index in [1.165, 1.54) is 6.42 Å². The van der Waals surface area contributed by atoms with Crippen molar-refractivity contribution < 1.29 is 9.53 Å². The number of nitrogens with zero attached hydrogens (tertiary/aromatic N) is 1. The van der Waals surface area contributed by atoms with Gasteiger partial charge in [0, 0.05) is 38.1 Å². The number of ether oxygens (including phenoxy) is 1. The second-order valence-corrected chi connectivity index (χ2v) is 6.35. The molecule has 2 rings (SSSR count). The number of hydrogen-bond donors (Lipinski definition) is 2. The molecule has 2 aliphatic heterocycles. The number of rotatable bonds is 3. The monoisotopic (exact) mass is 255 g/mol. The molecule has 0 bridgehead atoms. The fraction of sp³-hybridized carbons (Fsp3) is 0.923. The van der Waals surface area contributed by atoms with Crippen molar-refractivity contribution in [3.63, 3.8) is 0 Å². The third-order valence-electron chi connectivity index (χ3n) is 3.47. The third-order valence-corrected chi connectivity index (χ3v) is 3.47. The highest BCUT2D eigenvalue weighted by atomic mass is 16.6. The summed E-state index contributed by atoms with van der Waals surface area (Å²) >= 11 is 0. The second kappa shape index (κ2) is 5.45. The highest BCUT2D eigenvalue weighted by molar-refractivity contribution is 5.67. The van der Waals surface area contributed by atoms with E-state index in [1.807, 2.05) is 20.8 Å². The molecule has 18 heavy (non-hydrogen) atoms. The van der Waals surface area contributed by atoms with Gasteiger partial charge in [0.2, 0.25) is 0 Å². The molecule has 2 saturated heterocycles. The lowest BCUT2D eigenvalue weighted by molar-refractivity contribution is 0.0396. The Hall–Kier alpha value is -0.810. The molecule has 0 aromatic rings. The average Bonchev–Trinajstić information content (AvgIpc) is 2.65. The number of amides is 1. The van der Waals surface area contributed by atoms with Gasteiger partial charge in [0.25, 0.3) is 0 Å². The number of alkyl carbamates (subject to hydrolysis) is 1. The predicted octanol–water partition coefficient (Wildman–Crippen LogP) is 0.805. The third kappa shape index (κ3) is 3.85. The standard InChI is InChI=1S/C13H25N3O2/c1-13(2,3)18-12(17)15-6-10-8-16(9-10)11-4-5-14-7-11/h10-11,14H,4-9H2,1-3H3,(H,15,17)/t11-/m0/s1. The summed E-state index contributed by atoms with van der Waals surface area (Å²) in [6.45, 7) is 10.8. The van der Waals surface area contributed by atoms with E-state index in [2.05, 4.69) is 15.5 Å². The lowest BCUT2D eigenvalue weighted by atomic mass is 9.97. The van der Waals surface area contributed by atoms with Gasteiger partial charge in [-0.1, -0.05) is 0 Å². The van der Waals surface area contributed by atoms with Gasteiger partial charge < -0.3 is 15.4 Å². The molecule has 0 unspecified atom stereocenters. The smallest absolute Gasteiger partial charge is 0.407 e. The first-order valence-electron chi connectivity index (χ1n) is 6.85. The van der Waals surface area contributed by atoms with Crippen molar-refractivity contribution in [2.75, 3.05) is 32.7 Å². The van der Waals surface area contributed by atoms with E-state index in [0.29, 0.717) is 12.0 Å². The van der Waals surface area contributed by atoms with Gasteiger partial charge in [0.05, 0.1) is 0 Å². The largest absolute Gasteiger partial charge is 0.444 e. The van der Waals surface area contributed by atoms with Crippen LogP contribution < -0.4 is 10.6 Å². The Morgan fingerprint density at radius 1 is 1.44 bits per heavy atom. The van der Waals surface area contributed by atoms with Crippen LogP contribution in [-0.2, 0) is 4.74 Å². The highest BCUT2D eigenvalue weighted by Gasteiger charge is 2.33. The summed E-state index contributed by atoms with van der Waals surface area (Å²) < 4.78 is 5.21. The SMILES string of the molecule is CC(C)(C)OC(=O)NCC1CN([C@H]2CCNC2)C1. The van der Waals surface area contributed by atoms with Crippen molar-refractivity contribution in [2.45, 2.75) is 38.8 Å². The molecule has 2 heterocycles. The van der Waals surface area contributed by atoms with Crippen LogP contribution in [0.5, 0.6) is 0 Å². The van der Waals surface area contributed by atoms with E-state index in [0.717, 1.165) is 32.7 Å². The first-order valence-corrected chi connectivity index (χ1v) is 6.85. The molecule has 0 aliphatic carbocycles. The van der Waals surface area contributed by atoms with E-state index >= 15 is 0 Å². The summed E-state index contributed by atoms with van der Waals surface area (Å²) in [6, 6.07) is 0.711. The molecule has 0 aromatic carbocycles. The minimum atomic E-state index is -0.411. The van der Waals surface area contributed by atoms with Crippen LogP contribution in [0.1, 0.15) is 27.2 Å². The number of hydrogen-bond acceptors (Lipinski definition) is 4. The van der Waals surface area contributed by atoms with Gasteiger partial charge in [-0.25, -0.2) is 4.79 Å². The number of carbonyl (C=O) groups is 1. The Morgan fingerprint density at radius 3 is 2.72 bits per heavy atom. The van der Waals surface area contributed by atoms with Gasteiger partial charge in [0.1, 0.15) is 5.60 Å². The lowest BCUT2D eigenvalue weighted by Crippen LogP contribution is -2.56. The van der Waals surface area contributed by atoms with E-state index in [1.54, 1.807) is 0 Å². The van der Waals surface area contributed by atoms with Gasteiger partial charge >= 0.3 is 6.09 Å². The van der Waals surface area contributed by atoms with Crippen molar-refractivity contribution in [2.24, 2.45) is 5.92 Å². The van der Waals surface area contributed by atoms with Gasteiger partial charge in [-0.15, -0.1) is 0 Å². The molecule has 1 amide bonds. The molecule has 2 aliphatic rings. The van der Waals surface area contributed by atoms with Crippen molar-refractivity contribution in [1.29, 1.82) is 0 Å². The van der Waals surface area contributed by atoms with Crippen LogP contribution in [0.2, 0.25) is 0 Å². The normalized spacial score (nSPS) is 25.8. The van der Waals surface area contributed by atoms with Crippen LogP contribution in [-0.4, -0.2) is 55.4 Å². The summed E-state index contributed by atoms with van der Waals surface area (Å²) in [6.07, 6.45) is 0.954. The first-order chi connectivity index (χ1) is 8.44. The molecule has 104 valence electrons. The predicted molar refractivity (Wildman–Crippen MR) is 70.6 cm³/mol. The van der Waals surface area contributed by atoms with Crippen LogP contribution in [0, 0.1) is 5.92 Å². The Labute approximate surface area is 109 Å². The fourth-order valence-corrected chi connectivity index (χ4v) is 2.53. The Kier molecular flexibility index (Phi) is 4.12. The minimum Gasteiger partial charge on any atom is -0.444 e. The number of nitrogens with one attached hydrogen (secondary N) is 2. The zero-order valence-corrected chi connectivity index (χ0v) is 11.7. The van der Waals surface area contributed by atoms with Crippen molar-refractivity contribution >= 4 is 6.09 Å². The van der Waals surface area contributed by atoms with Gasteiger partial charge in [0.15, 0.2) is 0 Å². The van der Waals surface area contributed by atoms with Crippen LogP contribution >= 0.6 is 0 Å². The minimum absolute atomic E-state index is 0.302. The lowest BCUT2D eigenvalue weighted by Gasteiger charge is -2.43. The molecule has 0 aromatic heterocycles. The summed E-state index contributed by atoms with van der Waals surface area (Å²) in [5, 5.41) is 6.23. The fourth-order valence-electron chi connectivity index (χ4n) is 2.53. The molecule has 0 radical (unpaired) electrons.